The van der Waals surface area contributed by atoms with E-state index >= 15 is 0 Å². The number of halogens is 2. The molecule has 0 saturated carbocycles. The number of nitrogens with one attached hydrogen (secondary N) is 1. The van der Waals surface area contributed by atoms with Gasteiger partial charge in [0.15, 0.2) is 11.6 Å². The minimum Gasteiger partial charge on any atom is -0.394 e. The molecule has 8 heteroatoms. The number of imidazole rings is 1. The van der Waals surface area contributed by atoms with Crippen molar-refractivity contribution in [3.63, 3.8) is 0 Å². The third-order valence-corrected chi connectivity index (χ3v) is 4.94. The van der Waals surface area contributed by atoms with Crippen LogP contribution in [0, 0.1) is 17.0 Å². The van der Waals surface area contributed by atoms with Gasteiger partial charge >= 0.3 is 0 Å². The zero-order chi connectivity index (χ0) is 20.5. The lowest BCUT2D eigenvalue weighted by Crippen LogP contribution is -2.46. The predicted molar refractivity (Wildman–Crippen MR) is 99.9 cm³/mol. The van der Waals surface area contributed by atoms with Crippen molar-refractivity contribution < 1.29 is 23.4 Å². The van der Waals surface area contributed by atoms with Crippen molar-refractivity contribution in [3.8, 4) is 11.4 Å². The van der Waals surface area contributed by atoms with Crippen molar-refractivity contribution in [1.29, 1.82) is 0 Å². The minimum absolute atomic E-state index is 0.204. The van der Waals surface area contributed by atoms with Crippen LogP contribution in [0.5, 0.6) is 0 Å². The van der Waals surface area contributed by atoms with Crippen molar-refractivity contribution in [1.82, 2.24) is 14.9 Å². The molecule has 0 aliphatic carbocycles. The molecule has 1 aromatic carbocycles. The van der Waals surface area contributed by atoms with E-state index in [0.717, 1.165) is 12.1 Å². The normalized spacial score (nSPS) is 15.6. The average molecular weight is 393 g/mol. The van der Waals surface area contributed by atoms with Crippen LogP contribution < -0.4 is 5.32 Å². The highest BCUT2D eigenvalue weighted by Gasteiger charge is 2.30. The summed E-state index contributed by atoms with van der Waals surface area (Å²) in [4.78, 5) is 17.4. The number of ether oxygens (including phenoxy) is 1. The molecule has 152 valence electrons. The fraction of sp³-hybridized carbons (Fsp3) is 0.500. The highest BCUT2D eigenvalue weighted by atomic mass is 19.2. The molecule has 2 heterocycles. The number of hydrogen-bond acceptors (Lipinski definition) is 4. The molecule has 1 aliphatic rings. The number of benzene rings is 1. The van der Waals surface area contributed by atoms with Gasteiger partial charge in [-0.2, -0.15) is 0 Å². The largest absolute Gasteiger partial charge is 0.394 e. The van der Waals surface area contributed by atoms with Crippen molar-refractivity contribution in [2.75, 3.05) is 19.8 Å². The SMILES string of the molecule is CC(C)(C)C(CO)NC(=O)c1nc(-c2ccc(F)c(F)c2)n2c1CCOCC2. The first-order valence-corrected chi connectivity index (χ1v) is 9.26. The summed E-state index contributed by atoms with van der Waals surface area (Å²) in [6.07, 6.45) is 0.471. The summed E-state index contributed by atoms with van der Waals surface area (Å²) < 4.78 is 34.4. The highest BCUT2D eigenvalue weighted by Crippen LogP contribution is 2.27. The average Bonchev–Trinajstić information content (AvgIpc) is 2.82. The van der Waals surface area contributed by atoms with Crippen molar-refractivity contribution in [2.24, 2.45) is 5.41 Å². The van der Waals surface area contributed by atoms with Gasteiger partial charge in [-0.25, -0.2) is 13.8 Å². The van der Waals surface area contributed by atoms with E-state index in [1.54, 1.807) is 0 Å². The predicted octanol–water partition coefficient (Wildman–Crippen LogP) is 2.54. The Kier molecular flexibility index (Phi) is 5.81. The lowest BCUT2D eigenvalue weighted by atomic mass is 9.87. The Bertz CT molecular complexity index is 874. The van der Waals surface area contributed by atoms with Gasteiger partial charge in [0, 0.05) is 18.5 Å². The zero-order valence-corrected chi connectivity index (χ0v) is 16.3. The van der Waals surface area contributed by atoms with Gasteiger partial charge in [0.2, 0.25) is 0 Å². The second-order valence-corrected chi connectivity index (χ2v) is 7.95. The number of carbonyl (C=O) groups excluding carboxylic acids is 1. The van der Waals surface area contributed by atoms with E-state index in [-0.39, 0.29) is 17.7 Å². The third kappa shape index (κ3) is 4.07. The maximum absolute atomic E-state index is 13.7. The van der Waals surface area contributed by atoms with Crippen LogP contribution in [0.15, 0.2) is 18.2 Å². The lowest BCUT2D eigenvalue weighted by molar-refractivity contribution is 0.0842. The molecule has 0 saturated heterocycles. The number of amides is 1. The summed E-state index contributed by atoms with van der Waals surface area (Å²) in [5, 5.41) is 12.5. The van der Waals surface area contributed by atoms with E-state index < -0.39 is 23.6 Å². The molecule has 1 aliphatic heterocycles. The van der Waals surface area contributed by atoms with Crippen LogP contribution in [-0.4, -0.2) is 46.4 Å². The molecular formula is C20H25F2N3O3. The molecule has 1 unspecified atom stereocenters. The molecule has 6 nitrogen and oxygen atoms in total. The first kappa shape index (κ1) is 20.4. The highest BCUT2D eigenvalue weighted by molar-refractivity contribution is 5.94. The molecule has 1 atom stereocenters. The summed E-state index contributed by atoms with van der Waals surface area (Å²) in [7, 11) is 0. The number of carbonyl (C=O) groups is 1. The van der Waals surface area contributed by atoms with Crippen LogP contribution in [0.25, 0.3) is 11.4 Å². The summed E-state index contributed by atoms with van der Waals surface area (Å²) in [5.41, 5.74) is 0.941. The Morgan fingerprint density at radius 1 is 1.32 bits per heavy atom. The van der Waals surface area contributed by atoms with Gasteiger partial charge in [0.05, 0.1) is 31.6 Å². The number of nitrogens with zero attached hydrogens (tertiary/aromatic N) is 2. The van der Waals surface area contributed by atoms with Crippen LogP contribution in [0.3, 0.4) is 0 Å². The van der Waals surface area contributed by atoms with E-state index in [9.17, 15) is 18.7 Å². The van der Waals surface area contributed by atoms with Crippen molar-refractivity contribution in [3.05, 3.63) is 41.2 Å². The van der Waals surface area contributed by atoms with Gasteiger partial charge in [-0.1, -0.05) is 20.8 Å². The smallest absolute Gasteiger partial charge is 0.272 e. The molecule has 2 aromatic rings. The standard InChI is InChI=1S/C20H25F2N3O3/c1-20(2,3)16(11-26)23-19(27)17-15-6-8-28-9-7-25(15)18(24-17)12-4-5-13(21)14(22)10-12/h4-5,10,16,26H,6-9,11H2,1-3H3,(H,23,27). The third-order valence-electron chi connectivity index (χ3n) is 4.94. The summed E-state index contributed by atoms with van der Waals surface area (Å²) in [5.74, 6) is -1.93. The number of aliphatic hydroxyl groups excluding tert-OH is 1. The monoisotopic (exact) mass is 393 g/mol. The molecule has 0 fully saturated rings. The zero-order valence-electron chi connectivity index (χ0n) is 16.3. The number of hydrogen-bond donors (Lipinski definition) is 2. The van der Waals surface area contributed by atoms with E-state index in [1.165, 1.54) is 6.07 Å². The van der Waals surface area contributed by atoms with Gasteiger partial charge in [0.25, 0.3) is 5.91 Å². The molecule has 1 amide bonds. The number of rotatable bonds is 4. The first-order chi connectivity index (χ1) is 13.2. The van der Waals surface area contributed by atoms with Gasteiger partial charge in [-0.15, -0.1) is 0 Å². The topological polar surface area (TPSA) is 76.4 Å². The van der Waals surface area contributed by atoms with Crippen molar-refractivity contribution >= 4 is 5.91 Å². The van der Waals surface area contributed by atoms with E-state index in [0.29, 0.717) is 43.3 Å². The van der Waals surface area contributed by atoms with Gasteiger partial charge in [-0.3, -0.25) is 4.79 Å². The molecule has 2 N–H and O–H groups in total. The number of aliphatic hydroxyl groups is 1. The number of fused-ring (bicyclic) bond motifs is 1. The fourth-order valence-electron chi connectivity index (χ4n) is 3.21. The molecule has 0 radical (unpaired) electrons. The summed E-state index contributed by atoms with van der Waals surface area (Å²) >= 11 is 0. The maximum atomic E-state index is 13.7. The molecule has 0 bridgehead atoms. The fourth-order valence-corrected chi connectivity index (χ4v) is 3.21. The van der Waals surface area contributed by atoms with Crippen LogP contribution >= 0.6 is 0 Å². The Balaban J connectivity index is 2.03. The molecular weight excluding hydrogens is 368 g/mol. The maximum Gasteiger partial charge on any atom is 0.272 e. The molecule has 0 spiro atoms. The van der Waals surface area contributed by atoms with Crippen LogP contribution in [0.4, 0.5) is 8.78 Å². The van der Waals surface area contributed by atoms with Gasteiger partial charge in [0.1, 0.15) is 11.5 Å². The van der Waals surface area contributed by atoms with E-state index in [2.05, 4.69) is 10.3 Å². The second kappa shape index (κ2) is 7.97. The van der Waals surface area contributed by atoms with Crippen molar-refractivity contribution in [2.45, 2.75) is 39.8 Å². The second-order valence-electron chi connectivity index (χ2n) is 7.95. The Labute approximate surface area is 162 Å². The molecule has 1 aromatic heterocycles. The van der Waals surface area contributed by atoms with E-state index in [1.807, 2.05) is 25.3 Å². The lowest BCUT2D eigenvalue weighted by Gasteiger charge is -2.29. The van der Waals surface area contributed by atoms with Crippen LogP contribution in [0.1, 0.15) is 37.0 Å². The van der Waals surface area contributed by atoms with Gasteiger partial charge < -0.3 is 19.7 Å². The van der Waals surface area contributed by atoms with Crippen LogP contribution in [-0.2, 0) is 17.7 Å². The van der Waals surface area contributed by atoms with Crippen LogP contribution in [0.2, 0.25) is 0 Å². The van der Waals surface area contributed by atoms with E-state index in [4.69, 9.17) is 4.74 Å². The molecule has 28 heavy (non-hydrogen) atoms. The first-order valence-electron chi connectivity index (χ1n) is 9.26. The Hall–Kier alpha value is -2.32. The molecule has 3 rings (SSSR count). The quantitative estimate of drug-likeness (QED) is 0.837. The van der Waals surface area contributed by atoms with Gasteiger partial charge in [-0.05, 0) is 23.6 Å². The minimum atomic E-state index is -0.973. The number of aromatic nitrogens is 2. The summed E-state index contributed by atoms with van der Waals surface area (Å²) in [6, 6.07) is 3.10. The Morgan fingerprint density at radius 3 is 2.71 bits per heavy atom. The summed E-state index contributed by atoms with van der Waals surface area (Å²) in [6.45, 7) is 6.87. The Morgan fingerprint density at radius 2 is 2.07 bits per heavy atom.